The average Bonchev–Trinajstić information content (AvgIpc) is 2.59. The molecule has 1 N–H and O–H groups in total. The van der Waals surface area contributed by atoms with E-state index in [1.807, 2.05) is 18.2 Å². The maximum Gasteiger partial charge on any atom is 0.220 e. The number of nitrogens with one attached hydrogen (secondary N) is 1. The fourth-order valence-electron chi connectivity index (χ4n) is 2.46. The zero-order valence-corrected chi connectivity index (χ0v) is 14.1. The first-order valence-electron chi connectivity index (χ1n) is 8.23. The van der Waals surface area contributed by atoms with Crippen LogP contribution in [0.25, 0.3) is 0 Å². The molecular formula is C20H26N2O. The van der Waals surface area contributed by atoms with E-state index in [9.17, 15) is 4.79 Å². The van der Waals surface area contributed by atoms with Crippen molar-refractivity contribution in [3.05, 3.63) is 65.7 Å². The van der Waals surface area contributed by atoms with Crippen LogP contribution in [-0.2, 0) is 11.2 Å². The summed E-state index contributed by atoms with van der Waals surface area (Å²) in [7, 11) is 2.08. The van der Waals surface area contributed by atoms with Gasteiger partial charge in [0, 0.05) is 32.2 Å². The van der Waals surface area contributed by atoms with Gasteiger partial charge in [-0.05, 0) is 37.5 Å². The molecule has 0 radical (unpaired) electrons. The van der Waals surface area contributed by atoms with E-state index in [-0.39, 0.29) is 5.91 Å². The molecule has 0 atom stereocenters. The molecule has 0 saturated carbocycles. The Morgan fingerprint density at radius 3 is 2.43 bits per heavy atom. The van der Waals surface area contributed by atoms with Crippen molar-refractivity contribution >= 4 is 11.6 Å². The molecular weight excluding hydrogens is 284 g/mol. The SMILES string of the molecule is Cc1ccc(CCC(=O)NCCCN(C)c2ccccc2)cc1. The second-order valence-corrected chi connectivity index (χ2v) is 5.95. The molecule has 0 heterocycles. The summed E-state index contributed by atoms with van der Waals surface area (Å²) in [5, 5.41) is 3.01. The molecule has 122 valence electrons. The Kier molecular flexibility index (Phi) is 6.67. The Morgan fingerprint density at radius 2 is 1.74 bits per heavy atom. The zero-order valence-electron chi connectivity index (χ0n) is 14.1. The minimum Gasteiger partial charge on any atom is -0.375 e. The summed E-state index contributed by atoms with van der Waals surface area (Å²) in [6.07, 6.45) is 2.30. The van der Waals surface area contributed by atoms with Crippen LogP contribution in [0.4, 0.5) is 5.69 Å². The van der Waals surface area contributed by atoms with Gasteiger partial charge in [-0.25, -0.2) is 0 Å². The molecule has 0 bridgehead atoms. The number of para-hydroxylation sites is 1. The number of amides is 1. The number of carbonyl (C=O) groups excluding carboxylic acids is 1. The van der Waals surface area contributed by atoms with E-state index < -0.39 is 0 Å². The van der Waals surface area contributed by atoms with Crippen LogP contribution in [-0.4, -0.2) is 26.0 Å². The van der Waals surface area contributed by atoms with E-state index in [1.54, 1.807) is 0 Å². The Hall–Kier alpha value is -2.29. The largest absolute Gasteiger partial charge is 0.375 e. The molecule has 2 aromatic carbocycles. The van der Waals surface area contributed by atoms with Gasteiger partial charge in [0.2, 0.25) is 5.91 Å². The third kappa shape index (κ3) is 6.15. The van der Waals surface area contributed by atoms with E-state index in [4.69, 9.17) is 0 Å². The highest BCUT2D eigenvalue weighted by Gasteiger charge is 2.03. The van der Waals surface area contributed by atoms with Gasteiger partial charge in [0.1, 0.15) is 0 Å². The highest BCUT2D eigenvalue weighted by molar-refractivity contribution is 5.76. The van der Waals surface area contributed by atoms with Crippen LogP contribution in [0.15, 0.2) is 54.6 Å². The molecule has 3 nitrogen and oxygen atoms in total. The van der Waals surface area contributed by atoms with Crippen LogP contribution in [0.5, 0.6) is 0 Å². The Labute approximate surface area is 139 Å². The minimum absolute atomic E-state index is 0.132. The second kappa shape index (κ2) is 8.99. The van der Waals surface area contributed by atoms with Crippen molar-refractivity contribution in [3.63, 3.8) is 0 Å². The molecule has 1 amide bonds. The van der Waals surface area contributed by atoms with Crippen molar-refractivity contribution in [3.8, 4) is 0 Å². The smallest absolute Gasteiger partial charge is 0.220 e. The van der Waals surface area contributed by atoms with Crippen LogP contribution in [0, 0.1) is 6.92 Å². The number of benzene rings is 2. The Balaban J connectivity index is 1.60. The first-order chi connectivity index (χ1) is 11.1. The van der Waals surface area contributed by atoms with Gasteiger partial charge in [-0.3, -0.25) is 4.79 Å². The van der Waals surface area contributed by atoms with Gasteiger partial charge in [0.25, 0.3) is 0 Å². The Bertz CT molecular complexity index is 593. The Morgan fingerprint density at radius 1 is 1.04 bits per heavy atom. The van der Waals surface area contributed by atoms with Gasteiger partial charge in [-0.1, -0.05) is 48.0 Å². The number of hydrogen-bond acceptors (Lipinski definition) is 2. The average molecular weight is 310 g/mol. The minimum atomic E-state index is 0.132. The summed E-state index contributed by atoms with van der Waals surface area (Å²) in [6.45, 7) is 3.73. The standard InChI is InChI=1S/C20H26N2O/c1-17-9-11-18(12-10-17)13-14-20(23)21-15-6-16-22(2)19-7-4-3-5-8-19/h3-5,7-12H,6,13-16H2,1-2H3,(H,21,23). The lowest BCUT2D eigenvalue weighted by Crippen LogP contribution is -2.28. The third-order valence-electron chi connectivity index (χ3n) is 3.95. The summed E-state index contributed by atoms with van der Waals surface area (Å²) in [6, 6.07) is 18.7. The molecule has 0 fully saturated rings. The number of anilines is 1. The van der Waals surface area contributed by atoms with Crippen LogP contribution >= 0.6 is 0 Å². The first kappa shape index (κ1) is 17.1. The van der Waals surface area contributed by atoms with Crippen LogP contribution in [0.2, 0.25) is 0 Å². The quantitative estimate of drug-likeness (QED) is 0.756. The van der Waals surface area contributed by atoms with Crippen molar-refractivity contribution < 1.29 is 4.79 Å². The number of carbonyl (C=O) groups is 1. The molecule has 0 aromatic heterocycles. The highest BCUT2D eigenvalue weighted by atomic mass is 16.1. The van der Waals surface area contributed by atoms with Gasteiger partial charge in [-0.15, -0.1) is 0 Å². The normalized spacial score (nSPS) is 10.3. The van der Waals surface area contributed by atoms with Crippen LogP contribution in [0.1, 0.15) is 24.0 Å². The summed E-state index contributed by atoms with van der Waals surface area (Å²) < 4.78 is 0. The topological polar surface area (TPSA) is 32.3 Å². The van der Waals surface area contributed by atoms with Crippen molar-refractivity contribution in [2.45, 2.75) is 26.2 Å². The lowest BCUT2D eigenvalue weighted by molar-refractivity contribution is -0.121. The van der Waals surface area contributed by atoms with E-state index >= 15 is 0 Å². The lowest BCUT2D eigenvalue weighted by Gasteiger charge is -2.19. The second-order valence-electron chi connectivity index (χ2n) is 5.95. The van der Waals surface area contributed by atoms with Gasteiger partial charge >= 0.3 is 0 Å². The highest BCUT2D eigenvalue weighted by Crippen LogP contribution is 2.10. The third-order valence-corrected chi connectivity index (χ3v) is 3.95. The number of nitrogens with zero attached hydrogens (tertiary/aromatic N) is 1. The summed E-state index contributed by atoms with van der Waals surface area (Å²) in [5.74, 6) is 0.132. The molecule has 0 unspecified atom stereocenters. The molecule has 3 heteroatoms. The zero-order chi connectivity index (χ0) is 16.5. The van der Waals surface area contributed by atoms with Crippen molar-refractivity contribution in [2.24, 2.45) is 0 Å². The summed E-state index contributed by atoms with van der Waals surface area (Å²) in [5.41, 5.74) is 3.67. The van der Waals surface area contributed by atoms with Crippen molar-refractivity contribution in [1.82, 2.24) is 5.32 Å². The van der Waals surface area contributed by atoms with Crippen LogP contribution < -0.4 is 10.2 Å². The van der Waals surface area contributed by atoms with E-state index in [0.29, 0.717) is 6.42 Å². The molecule has 0 aliphatic heterocycles. The maximum atomic E-state index is 11.9. The van der Waals surface area contributed by atoms with Gasteiger partial charge in [0.15, 0.2) is 0 Å². The fraction of sp³-hybridized carbons (Fsp3) is 0.350. The van der Waals surface area contributed by atoms with Gasteiger partial charge < -0.3 is 10.2 Å². The van der Waals surface area contributed by atoms with E-state index in [1.165, 1.54) is 16.8 Å². The van der Waals surface area contributed by atoms with Gasteiger partial charge in [0.05, 0.1) is 0 Å². The van der Waals surface area contributed by atoms with Gasteiger partial charge in [-0.2, -0.15) is 0 Å². The molecule has 0 saturated heterocycles. The predicted octanol–water partition coefficient (Wildman–Crippen LogP) is 3.57. The van der Waals surface area contributed by atoms with Crippen molar-refractivity contribution in [1.29, 1.82) is 0 Å². The van der Waals surface area contributed by atoms with Crippen LogP contribution in [0.3, 0.4) is 0 Å². The summed E-state index contributed by atoms with van der Waals surface area (Å²) >= 11 is 0. The molecule has 0 spiro atoms. The molecule has 2 aromatic rings. The predicted molar refractivity (Wildman–Crippen MR) is 96.8 cm³/mol. The maximum absolute atomic E-state index is 11.9. The monoisotopic (exact) mass is 310 g/mol. The van der Waals surface area contributed by atoms with E-state index in [2.05, 4.69) is 60.6 Å². The molecule has 23 heavy (non-hydrogen) atoms. The fourth-order valence-corrected chi connectivity index (χ4v) is 2.46. The summed E-state index contributed by atoms with van der Waals surface area (Å²) in [4.78, 5) is 14.1. The lowest BCUT2D eigenvalue weighted by atomic mass is 10.1. The number of rotatable bonds is 8. The molecule has 2 rings (SSSR count). The van der Waals surface area contributed by atoms with Crippen molar-refractivity contribution in [2.75, 3.05) is 25.0 Å². The first-order valence-corrected chi connectivity index (χ1v) is 8.23. The number of hydrogen-bond donors (Lipinski definition) is 1. The van der Waals surface area contributed by atoms with E-state index in [0.717, 1.165) is 25.9 Å². The molecule has 0 aliphatic carbocycles. The molecule has 0 aliphatic rings. The number of aryl methyl sites for hydroxylation is 2.